The number of halogens is 1. The lowest BCUT2D eigenvalue weighted by atomic mass is 10.00. The molecule has 1 amide bonds. The van der Waals surface area contributed by atoms with Gasteiger partial charge in [0, 0.05) is 5.69 Å². The zero-order chi connectivity index (χ0) is 15.6. The molecule has 110 valence electrons. The van der Waals surface area contributed by atoms with Gasteiger partial charge in [0.2, 0.25) is 0 Å². The smallest absolute Gasteiger partial charge is 0.254 e. The van der Waals surface area contributed by atoms with Crippen LogP contribution in [0.2, 0.25) is 0 Å². The summed E-state index contributed by atoms with van der Waals surface area (Å²) in [6.07, 6.45) is 0. The van der Waals surface area contributed by atoms with Gasteiger partial charge in [-0.15, -0.1) is 0 Å². The molecular formula is C17H19FN2O. The topological polar surface area (TPSA) is 55.1 Å². The number of amides is 1. The Kier molecular flexibility index (Phi) is 4.26. The van der Waals surface area contributed by atoms with Gasteiger partial charge in [-0.2, -0.15) is 0 Å². The Bertz CT molecular complexity index is 682. The van der Waals surface area contributed by atoms with Crippen molar-refractivity contribution in [1.29, 1.82) is 0 Å². The van der Waals surface area contributed by atoms with Crippen LogP contribution in [0.5, 0.6) is 0 Å². The van der Waals surface area contributed by atoms with Crippen molar-refractivity contribution in [3.63, 3.8) is 0 Å². The highest BCUT2D eigenvalue weighted by atomic mass is 19.1. The molecule has 0 aliphatic carbocycles. The molecular weight excluding hydrogens is 267 g/mol. The van der Waals surface area contributed by atoms with Crippen molar-refractivity contribution < 1.29 is 9.18 Å². The Balaban J connectivity index is 2.20. The van der Waals surface area contributed by atoms with Gasteiger partial charge in [-0.1, -0.05) is 23.8 Å². The van der Waals surface area contributed by atoms with Gasteiger partial charge in [-0.25, -0.2) is 4.39 Å². The first-order chi connectivity index (χ1) is 9.88. The van der Waals surface area contributed by atoms with Crippen LogP contribution in [-0.2, 0) is 0 Å². The first kappa shape index (κ1) is 15.0. The zero-order valence-electron chi connectivity index (χ0n) is 12.4. The number of hydrogen-bond acceptors (Lipinski definition) is 2. The molecule has 0 bridgehead atoms. The standard InChI is InChI=1S/C17H19FN2O/c1-10-4-6-14(11(2)8-10)12(3)20-17(21)15-9-13(19)5-7-16(15)18/h4-9,12H,19H2,1-3H3,(H,20,21). The number of hydrogen-bond donors (Lipinski definition) is 2. The molecule has 1 unspecified atom stereocenters. The second-order valence-corrected chi connectivity index (χ2v) is 5.29. The lowest BCUT2D eigenvalue weighted by molar-refractivity contribution is 0.0936. The maximum atomic E-state index is 13.7. The fraction of sp³-hybridized carbons (Fsp3) is 0.235. The fourth-order valence-electron chi connectivity index (χ4n) is 2.38. The van der Waals surface area contributed by atoms with Crippen molar-refractivity contribution in [2.45, 2.75) is 26.8 Å². The molecule has 0 saturated heterocycles. The second kappa shape index (κ2) is 5.95. The first-order valence-electron chi connectivity index (χ1n) is 6.81. The van der Waals surface area contributed by atoms with Crippen LogP contribution >= 0.6 is 0 Å². The van der Waals surface area contributed by atoms with E-state index in [0.29, 0.717) is 5.69 Å². The Morgan fingerprint density at radius 3 is 2.57 bits per heavy atom. The molecule has 0 saturated carbocycles. The number of nitrogens with two attached hydrogens (primary N) is 1. The third-order valence-electron chi connectivity index (χ3n) is 3.47. The molecule has 0 fully saturated rings. The molecule has 2 aromatic carbocycles. The van der Waals surface area contributed by atoms with E-state index < -0.39 is 11.7 Å². The molecule has 0 heterocycles. The number of carbonyl (C=O) groups is 1. The van der Waals surface area contributed by atoms with E-state index in [2.05, 4.69) is 11.4 Å². The quantitative estimate of drug-likeness (QED) is 0.848. The number of aryl methyl sites for hydroxylation is 2. The van der Waals surface area contributed by atoms with E-state index >= 15 is 0 Å². The second-order valence-electron chi connectivity index (χ2n) is 5.29. The van der Waals surface area contributed by atoms with Crippen LogP contribution in [-0.4, -0.2) is 5.91 Å². The SMILES string of the molecule is Cc1ccc(C(C)NC(=O)c2cc(N)ccc2F)c(C)c1. The molecule has 4 heteroatoms. The highest BCUT2D eigenvalue weighted by molar-refractivity contribution is 5.95. The van der Waals surface area contributed by atoms with Gasteiger partial charge >= 0.3 is 0 Å². The molecule has 0 spiro atoms. The fourth-order valence-corrected chi connectivity index (χ4v) is 2.38. The van der Waals surface area contributed by atoms with E-state index in [1.54, 1.807) is 0 Å². The van der Waals surface area contributed by atoms with E-state index in [-0.39, 0.29) is 11.6 Å². The van der Waals surface area contributed by atoms with Crippen LogP contribution in [0, 0.1) is 19.7 Å². The van der Waals surface area contributed by atoms with Crippen molar-refractivity contribution >= 4 is 11.6 Å². The summed E-state index contributed by atoms with van der Waals surface area (Å²) >= 11 is 0. The summed E-state index contributed by atoms with van der Waals surface area (Å²) in [6.45, 7) is 5.88. The van der Waals surface area contributed by atoms with Gasteiger partial charge < -0.3 is 11.1 Å². The molecule has 2 rings (SSSR count). The van der Waals surface area contributed by atoms with Gasteiger partial charge in [0.25, 0.3) is 5.91 Å². The van der Waals surface area contributed by atoms with Crippen molar-refractivity contribution in [2.75, 3.05) is 5.73 Å². The van der Waals surface area contributed by atoms with Gasteiger partial charge in [-0.3, -0.25) is 4.79 Å². The maximum Gasteiger partial charge on any atom is 0.254 e. The average molecular weight is 286 g/mol. The number of nitrogen functional groups attached to an aromatic ring is 1. The van der Waals surface area contributed by atoms with Crippen LogP contribution in [0.1, 0.15) is 40.0 Å². The Labute approximate surface area is 124 Å². The van der Waals surface area contributed by atoms with Gasteiger partial charge in [0.15, 0.2) is 0 Å². The third kappa shape index (κ3) is 3.40. The Hall–Kier alpha value is -2.36. The lowest BCUT2D eigenvalue weighted by Gasteiger charge is -2.17. The Morgan fingerprint density at radius 2 is 1.90 bits per heavy atom. The summed E-state index contributed by atoms with van der Waals surface area (Å²) in [7, 11) is 0. The minimum Gasteiger partial charge on any atom is -0.399 e. The van der Waals surface area contributed by atoms with Crippen LogP contribution in [0.25, 0.3) is 0 Å². The summed E-state index contributed by atoms with van der Waals surface area (Å²) in [6, 6.07) is 9.79. The zero-order valence-corrected chi connectivity index (χ0v) is 12.4. The third-order valence-corrected chi connectivity index (χ3v) is 3.47. The van der Waals surface area contributed by atoms with Crippen LogP contribution in [0.15, 0.2) is 36.4 Å². The average Bonchev–Trinajstić information content (AvgIpc) is 2.41. The van der Waals surface area contributed by atoms with Crippen molar-refractivity contribution in [2.24, 2.45) is 0 Å². The van der Waals surface area contributed by atoms with E-state index in [9.17, 15) is 9.18 Å². The normalized spacial score (nSPS) is 12.0. The van der Waals surface area contributed by atoms with Crippen LogP contribution in [0.4, 0.5) is 10.1 Å². The Morgan fingerprint density at radius 1 is 1.19 bits per heavy atom. The predicted octanol–water partition coefficient (Wildman–Crippen LogP) is 3.52. The van der Waals surface area contributed by atoms with E-state index in [4.69, 9.17) is 5.73 Å². The highest BCUT2D eigenvalue weighted by Crippen LogP contribution is 2.20. The van der Waals surface area contributed by atoms with E-state index in [1.165, 1.54) is 18.2 Å². The van der Waals surface area contributed by atoms with Gasteiger partial charge in [0.1, 0.15) is 5.82 Å². The molecule has 0 aliphatic heterocycles. The van der Waals surface area contributed by atoms with Crippen molar-refractivity contribution in [3.05, 3.63) is 64.5 Å². The van der Waals surface area contributed by atoms with Crippen molar-refractivity contribution in [3.8, 4) is 0 Å². The van der Waals surface area contributed by atoms with E-state index in [1.807, 2.05) is 32.9 Å². The largest absolute Gasteiger partial charge is 0.399 e. The minimum atomic E-state index is -0.575. The lowest BCUT2D eigenvalue weighted by Crippen LogP contribution is -2.28. The molecule has 2 aromatic rings. The summed E-state index contributed by atoms with van der Waals surface area (Å²) in [5.41, 5.74) is 9.20. The first-order valence-corrected chi connectivity index (χ1v) is 6.81. The molecule has 0 radical (unpaired) electrons. The summed E-state index contributed by atoms with van der Waals surface area (Å²) in [5.74, 6) is -1.04. The monoisotopic (exact) mass is 286 g/mol. The predicted molar refractivity (Wildman–Crippen MR) is 82.6 cm³/mol. The number of nitrogens with one attached hydrogen (secondary N) is 1. The molecule has 0 aliphatic rings. The maximum absolute atomic E-state index is 13.7. The van der Waals surface area contributed by atoms with Gasteiger partial charge in [0.05, 0.1) is 11.6 Å². The van der Waals surface area contributed by atoms with Gasteiger partial charge in [-0.05, 0) is 50.1 Å². The molecule has 0 aromatic heterocycles. The summed E-state index contributed by atoms with van der Waals surface area (Å²) < 4.78 is 13.7. The molecule has 1 atom stereocenters. The number of rotatable bonds is 3. The van der Waals surface area contributed by atoms with Crippen molar-refractivity contribution in [1.82, 2.24) is 5.32 Å². The van der Waals surface area contributed by atoms with Crippen LogP contribution < -0.4 is 11.1 Å². The summed E-state index contributed by atoms with van der Waals surface area (Å²) in [4.78, 5) is 12.2. The molecule has 3 nitrogen and oxygen atoms in total. The molecule has 3 N–H and O–H groups in total. The van der Waals surface area contributed by atoms with E-state index in [0.717, 1.165) is 16.7 Å². The summed E-state index contributed by atoms with van der Waals surface area (Å²) in [5, 5.41) is 2.81. The number of benzene rings is 2. The molecule has 21 heavy (non-hydrogen) atoms. The van der Waals surface area contributed by atoms with Crippen LogP contribution in [0.3, 0.4) is 0 Å². The minimum absolute atomic E-state index is 0.0355. The number of carbonyl (C=O) groups excluding carboxylic acids is 1. The number of anilines is 1. The highest BCUT2D eigenvalue weighted by Gasteiger charge is 2.16.